The molecular formula is C23H25N3O4. The molecular weight excluding hydrogens is 382 g/mol. The summed E-state index contributed by atoms with van der Waals surface area (Å²) in [5, 5.41) is 3.00. The van der Waals surface area contributed by atoms with Crippen LogP contribution in [0.2, 0.25) is 0 Å². The average Bonchev–Trinajstić information content (AvgIpc) is 3.27. The fourth-order valence-electron chi connectivity index (χ4n) is 3.91. The number of urea groups is 1. The van der Waals surface area contributed by atoms with Crippen molar-refractivity contribution < 1.29 is 19.0 Å². The Morgan fingerprint density at radius 3 is 2.50 bits per heavy atom. The standard InChI is InChI=1S/C23H25N3O4/c1-28-16-10-11-17(21(15-16)30-3)22-19-8-6-12-25(19)13-14-26(22)23(27)24-18-7-4-5-9-20(18)29-2/h4-12,15,22H,13-14H2,1-3H3,(H,24,27)/t22-/m1/s1. The molecule has 0 spiro atoms. The van der Waals surface area contributed by atoms with Crippen LogP contribution in [-0.4, -0.2) is 43.4 Å². The van der Waals surface area contributed by atoms with Crippen LogP contribution in [0.25, 0.3) is 0 Å². The lowest BCUT2D eigenvalue weighted by molar-refractivity contribution is 0.180. The fraction of sp³-hybridized carbons (Fsp3) is 0.261. The highest BCUT2D eigenvalue weighted by molar-refractivity contribution is 5.91. The zero-order valence-corrected chi connectivity index (χ0v) is 17.3. The number of carbonyl (C=O) groups is 1. The second-order valence-electron chi connectivity index (χ2n) is 6.96. The number of amides is 2. The number of para-hydroxylation sites is 2. The molecule has 0 fully saturated rings. The van der Waals surface area contributed by atoms with Gasteiger partial charge in [-0.15, -0.1) is 0 Å². The molecule has 7 heteroatoms. The molecule has 1 N–H and O–H groups in total. The van der Waals surface area contributed by atoms with Crippen LogP contribution in [0.5, 0.6) is 17.2 Å². The van der Waals surface area contributed by atoms with Crippen molar-refractivity contribution in [2.45, 2.75) is 12.6 Å². The molecule has 3 aromatic rings. The Bertz CT molecular complexity index is 1050. The number of fused-ring (bicyclic) bond motifs is 1. The van der Waals surface area contributed by atoms with Crippen LogP contribution in [0.15, 0.2) is 60.8 Å². The number of aromatic nitrogens is 1. The van der Waals surface area contributed by atoms with E-state index in [-0.39, 0.29) is 12.1 Å². The first kappa shape index (κ1) is 19.7. The van der Waals surface area contributed by atoms with Crippen molar-refractivity contribution in [3.63, 3.8) is 0 Å². The largest absolute Gasteiger partial charge is 0.497 e. The minimum Gasteiger partial charge on any atom is -0.497 e. The number of hydrogen-bond donors (Lipinski definition) is 1. The van der Waals surface area contributed by atoms with Gasteiger partial charge in [0.1, 0.15) is 23.3 Å². The van der Waals surface area contributed by atoms with Crippen molar-refractivity contribution in [3.05, 3.63) is 72.1 Å². The Morgan fingerprint density at radius 2 is 1.73 bits per heavy atom. The van der Waals surface area contributed by atoms with E-state index in [9.17, 15) is 4.79 Å². The molecule has 0 unspecified atom stereocenters. The SMILES string of the molecule is COc1ccc([C@@H]2c3cccn3CCN2C(=O)Nc2ccccc2OC)c(OC)c1. The number of hydrogen-bond acceptors (Lipinski definition) is 4. The molecule has 1 aliphatic heterocycles. The lowest BCUT2D eigenvalue weighted by Crippen LogP contribution is -2.44. The predicted octanol–water partition coefficient (Wildman–Crippen LogP) is 4.15. The zero-order valence-electron chi connectivity index (χ0n) is 17.3. The number of benzene rings is 2. The number of methoxy groups -OCH3 is 3. The first-order valence-corrected chi connectivity index (χ1v) is 9.74. The number of nitrogens with one attached hydrogen (secondary N) is 1. The Balaban J connectivity index is 1.73. The third-order valence-electron chi connectivity index (χ3n) is 5.38. The number of nitrogens with zero attached hydrogens (tertiary/aromatic N) is 2. The van der Waals surface area contributed by atoms with E-state index in [1.165, 1.54) is 0 Å². The van der Waals surface area contributed by atoms with Crippen LogP contribution in [-0.2, 0) is 6.54 Å². The summed E-state index contributed by atoms with van der Waals surface area (Å²) in [5.74, 6) is 1.99. The second-order valence-corrected chi connectivity index (χ2v) is 6.96. The summed E-state index contributed by atoms with van der Waals surface area (Å²) in [5.41, 5.74) is 2.56. The van der Waals surface area contributed by atoms with E-state index in [1.807, 2.05) is 65.7 Å². The van der Waals surface area contributed by atoms with Gasteiger partial charge in [0.15, 0.2) is 0 Å². The quantitative estimate of drug-likeness (QED) is 0.690. The molecule has 0 radical (unpaired) electrons. The maximum Gasteiger partial charge on any atom is 0.322 e. The minimum absolute atomic E-state index is 0.199. The molecule has 1 aromatic heterocycles. The predicted molar refractivity (Wildman–Crippen MR) is 115 cm³/mol. The first-order chi connectivity index (χ1) is 14.7. The minimum atomic E-state index is -0.302. The van der Waals surface area contributed by atoms with Gasteiger partial charge < -0.3 is 29.0 Å². The van der Waals surface area contributed by atoms with E-state index in [2.05, 4.69) is 9.88 Å². The number of anilines is 1. The summed E-state index contributed by atoms with van der Waals surface area (Å²) < 4.78 is 18.5. The Kier molecular flexibility index (Phi) is 5.52. The lowest BCUT2D eigenvalue weighted by atomic mass is 9.99. The Morgan fingerprint density at radius 1 is 0.933 bits per heavy atom. The molecule has 0 saturated carbocycles. The van der Waals surface area contributed by atoms with E-state index in [4.69, 9.17) is 14.2 Å². The molecule has 4 rings (SSSR count). The molecule has 7 nitrogen and oxygen atoms in total. The van der Waals surface area contributed by atoms with Gasteiger partial charge >= 0.3 is 6.03 Å². The summed E-state index contributed by atoms with van der Waals surface area (Å²) in [6.07, 6.45) is 2.04. The molecule has 0 aliphatic carbocycles. The van der Waals surface area contributed by atoms with E-state index < -0.39 is 0 Å². The van der Waals surface area contributed by atoms with Gasteiger partial charge in [-0.1, -0.05) is 12.1 Å². The normalized spacial score (nSPS) is 15.3. The molecule has 0 saturated heterocycles. The molecule has 30 heavy (non-hydrogen) atoms. The van der Waals surface area contributed by atoms with E-state index in [0.717, 1.165) is 17.8 Å². The van der Waals surface area contributed by atoms with Crippen molar-refractivity contribution >= 4 is 11.7 Å². The molecule has 156 valence electrons. The zero-order chi connectivity index (χ0) is 21.1. The monoisotopic (exact) mass is 407 g/mol. The van der Waals surface area contributed by atoms with Crippen molar-refractivity contribution in [1.82, 2.24) is 9.47 Å². The van der Waals surface area contributed by atoms with Gasteiger partial charge in [0.2, 0.25) is 0 Å². The Labute approximate surface area is 175 Å². The lowest BCUT2D eigenvalue weighted by Gasteiger charge is -2.37. The third-order valence-corrected chi connectivity index (χ3v) is 5.38. The maximum absolute atomic E-state index is 13.4. The molecule has 1 aliphatic rings. The van der Waals surface area contributed by atoms with Crippen LogP contribution in [0.4, 0.5) is 10.5 Å². The van der Waals surface area contributed by atoms with Gasteiger partial charge in [0.05, 0.1) is 27.0 Å². The van der Waals surface area contributed by atoms with Crippen molar-refractivity contribution in [2.24, 2.45) is 0 Å². The van der Waals surface area contributed by atoms with Gasteiger partial charge in [0, 0.05) is 36.6 Å². The maximum atomic E-state index is 13.4. The van der Waals surface area contributed by atoms with Crippen LogP contribution in [0.3, 0.4) is 0 Å². The molecule has 0 bridgehead atoms. The third kappa shape index (κ3) is 3.54. The number of carbonyl (C=O) groups excluding carboxylic acids is 1. The number of rotatable bonds is 5. The molecule has 2 heterocycles. The summed E-state index contributed by atoms with van der Waals surface area (Å²) >= 11 is 0. The molecule has 2 amide bonds. The van der Waals surface area contributed by atoms with Gasteiger partial charge in [-0.25, -0.2) is 4.79 Å². The topological polar surface area (TPSA) is 65.0 Å². The van der Waals surface area contributed by atoms with E-state index in [0.29, 0.717) is 29.5 Å². The van der Waals surface area contributed by atoms with Crippen molar-refractivity contribution in [1.29, 1.82) is 0 Å². The summed E-state index contributed by atoms with van der Waals surface area (Å²) in [6.45, 7) is 1.28. The van der Waals surface area contributed by atoms with Crippen molar-refractivity contribution in [2.75, 3.05) is 33.2 Å². The molecule has 2 aromatic carbocycles. The molecule has 1 atom stereocenters. The summed E-state index contributed by atoms with van der Waals surface area (Å²) in [4.78, 5) is 15.2. The van der Waals surface area contributed by atoms with Crippen LogP contribution < -0.4 is 19.5 Å². The second kappa shape index (κ2) is 8.41. The van der Waals surface area contributed by atoms with Gasteiger partial charge in [-0.05, 0) is 36.4 Å². The van der Waals surface area contributed by atoms with Gasteiger partial charge in [-0.3, -0.25) is 0 Å². The summed E-state index contributed by atoms with van der Waals surface area (Å²) in [6, 6.07) is 16.6. The van der Waals surface area contributed by atoms with Crippen molar-refractivity contribution in [3.8, 4) is 17.2 Å². The average molecular weight is 407 g/mol. The van der Waals surface area contributed by atoms with Gasteiger partial charge in [0.25, 0.3) is 0 Å². The van der Waals surface area contributed by atoms with E-state index >= 15 is 0 Å². The highest BCUT2D eigenvalue weighted by Gasteiger charge is 2.34. The van der Waals surface area contributed by atoms with E-state index in [1.54, 1.807) is 21.3 Å². The van der Waals surface area contributed by atoms with Crippen LogP contribution in [0.1, 0.15) is 17.3 Å². The fourth-order valence-corrected chi connectivity index (χ4v) is 3.91. The highest BCUT2D eigenvalue weighted by atomic mass is 16.5. The van der Waals surface area contributed by atoms with Gasteiger partial charge in [-0.2, -0.15) is 0 Å². The number of ether oxygens (including phenoxy) is 3. The summed E-state index contributed by atoms with van der Waals surface area (Å²) in [7, 11) is 4.83. The van der Waals surface area contributed by atoms with Crippen LogP contribution >= 0.6 is 0 Å². The first-order valence-electron chi connectivity index (χ1n) is 9.74. The smallest absolute Gasteiger partial charge is 0.322 e. The Hall–Kier alpha value is -3.61. The highest BCUT2D eigenvalue weighted by Crippen LogP contribution is 2.39. The van der Waals surface area contributed by atoms with Crippen LogP contribution in [0, 0.1) is 0 Å².